The third-order valence-electron chi connectivity index (χ3n) is 2.00. The number of nitrogens with zero attached hydrogens (tertiary/aromatic N) is 1. The van der Waals surface area contributed by atoms with E-state index in [4.69, 9.17) is 11.6 Å². The zero-order chi connectivity index (χ0) is 12.4. The molecule has 1 heterocycles. The molecule has 0 bridgehead atoms. The van der Waals surface area contributed by atoms with Crippen molar-refractivity contribution in [1.29, 1.82) is 0 Å². The van der Waals surface area contributed by atoms with Gasteiger partial charge < -0.3 is 10.3 Å². The highest BCUT2D eigenvalue weighted by atomic mass is 79.9. The van der Waals surface area contributed by atoms with Gasteiger partial charge in [-0.3, -0.25) is 4.79 Å². The van der Waals surface area contributed by atoms with Crippen molar-refractivity contribution in [1.82, 2.24) is 9.97 Å². The molecule has 2 N–H and O–H groups in total. The first-order valence-corrected chi connectivity index (χ1v) is 6.50. The monoisotopic (exact) mass is 377 g/mol. The van der Waals surface area contributed by atoms with Crippen LogP contribution in [0.5, 0.6) is 0 Å². The smallest absolute Gasteiger partial charge is 0.271 e. The van der Waals surface area contributed by atoms with Gasteiger partial charge in [-0.1, -0.05) is 17.7 Å². The molecule has 2 aromatic rings. The summed E-state index contributed by atoms with van der Waals surface area (Å²) in [6.45, 7) is 0. The summed E-state index contributed by atoms with van der Waals surface area (Å²) in [5.41, 5.74) is 0.375. The second-order valence-electron chi connectivity index (χ2n) is 3.12. The zero-order valence-electron chi connectivity index (χ0n) is 8.30. The molecule has 0 radical (unpaired) electrons. The summed E-state index contributed by atoms with van der Waals surface area (Å²) in [5.74, 6) is 0.308. The number of H-pyrrole nitrogens is 1. The lowest BCUT2D eigenvalue weighted by Gasteiger charge is -2.10. The molecule has 0 aliphatic heterocycles. The number of hydrogen-bond acceptors (Lipinski definition) is 3. The topological polar surface area (TPSA) is 57.8 Å². The molecule has 0 saturated carbocycles. The van der Waals surface area contributed by atoms with Gasteiger partial charge in [0.25, 0.3) is 5.56 Å². The molecule has 0 saturated heterocycles. The van der Waals surface area contributed by atoms with Gasteiger partial charge in [0.15, 0.2) is 5.82 Å². The minimum atomic E-state index is -0.382. The van der Waals surface area contributed by atoms with Gasteiger partial charge >= 0.3 is 0 Å². The molecule has 0 amide bonds. The van der Waals surface area contributed by atoms with Gasteiger partial charge in [0.05, 0.1) is 12.0 Å². The fourth-order valence-corrected chi connectivity index (χ4v) is 2.55. The Morgan fingerprint density at radius 2 is 1.94 bits per heavy atom. The zero-order valence-corrected chi connectivity index (χ0v) is 12.2. The van der Waals surface area contributed by atoms with Gasteiger partial charge in [0, 0.05) is 8.95 Å². The quantitative estimate of drug-likeness (QED) is 0.837. The summed E-state index contributed by atoms with van der Waals surface area (Å²) in [4.78, 5) is 17.7. The van der Waals surface area contributed by atoms with Crippen molar-refractivity contribution in [2.24, 2.45) is 0 Å². The third-order valence-corrected chi connectivity index (χ3v) is 3.68. The Balaban J connectivity index is 2.45. The number of nitrogens with one attached hydrogen (secondary N) is 2. The van der Waals surface area contributed by atoms with Gasteiger partial charge in [-0.05, 0) is 44.0 Å². The molecular weight excluding hydrogens is 373 g/mol. The van der Waals surface area contributed by atoms with E-state index in [1.54, 1.807) is 0 Å². The molecule has 0 atom stereocenters. The normalized spacial score (nSPS) is 10.3. The van der Waals surface area contributed by atoms with Crippen LogP contribution >= 0.6 is 43.5 Å². The Morgan fingerprint density at radius 3 is 2.59 bits per heavy atom. The first kappa shape index (κ1) is 12.6. The second-order valence-corrected chi connectivity index (χ2v) is 5.20. The van der Waals surface area contributed by atoms with E-state index in [1.165, 1.54) is 6.33 Å². The van der Waals surface area contributed by atoms with E-state index in [-0.39, 0.29) is 10.6 Å². The van der Waals surface area contributed by atoms with Crippen molar-refractivity contribution in [2.45, 2.75) is 0 Å². The van der Waals surface area contributed by atoms with Crippen LogP contribution in [-0.4, -0.2) is 9.97 Å². The van der Waals surface area contributed by atoms with E-state index in [0.717, 1.165) is 14.6 Å². The molecule has 0 spiro atoms. The first-order valence-electron chi connectivity index (χ1n) is 4.54. The van der Waals surface area contributed by atoms with Gasteiger partial charge in [0.2, 0.25) is 0 Å². The van der Waals surface area contributed by atoms with E-state index in [1.807, 2.05) is 18.2 Å². The number of para-hydroxylation sites is 1. The van der Waals surface area contributed by atoms with E-state index < -0.39 is 0 Å². The van der Waals surface area contributed by atoms with Crippen molar-refractivity contribution in [3.8, 4) is 0 Å². The highest BCUT2D eigenvalue weighted by Gasteiger charge is 2.10. The van der Waals surface area contributed by atoms with Gasteiger partial charge in [-0.2, -0.15) is 0 Å². The van der Waals surface area contributed by atoms with Crippen molar-refractivity contribution in [2.75, 3.05) is 5.32 Å². The van der Waals surface area contributed by atoms with Crippen LogP contribution in [0.3, 0.4) is 0 Å². The highest BCUT2D eigenvalue weighted by Crippen LogP contribution is 2.33. The number of aromatic nitrogens is 2. The van der Waals surface area contributed by atoms with E-state index in [2.05, 4.69) is 47.1 Å². The molecule has 2 rings (SSSR count). The summed E-state index contributed by atoms with van der Waals surface area (Å²) in [6, 6.07) is 5.62. The van der Waals surface area contributed by atoms with Crippen molar-refractivity contribution in [3.05, 3.63) is 48.8 Å². The highest BCUT2D eigenvalue weighted by molar-refractivity contribution is 9.11. The molecule has 0 unspecified atom stereocenters. The molecule has 7 heteroatoms. The summed E-state index contributed by atoms with van der Waals surface area (Å²) in [7, 11) is 0. The third kappa shape index (κ3) is 2.70. The average molecular weight is 379 g/mol. The molecule has 0 fully saturated rings. The van der Waals surface area contributed by atoms with Crippen LogP contribution in [0.25, 0.3) is 0 Å². The van der Waals surface area contributed by atoms with Crippen LogP contribution in [0.1, 0.15) is 0 Å². The Labute approximate surface area is 119 Å². The summed E-state index contributed by atoms with van der Waals surface area (Å²) in [6.07, 6.45) is 1.29. The molecule has 0 aliphatic rings. The van der Waals surface area contributed by atoms with Crippen molar-refractivity contribution in [3.63, 3.8) is 0 Å². The largest absolute Gasteiger partial charge is 0.337 e. The number of aromatic amines is 1. The van der Waals surface area contributed by atoms with E-state index in [9.17, 15) is 4.79 Å². The molecule has 1 aromatic heterocycles. The molecule has 88 valence electrons. The van der Waals surface area contributed by atoms with Crippen LogP contribution < -0.4 is 10.9 Å². The number of hydrogen-bond donors (Lipinski definition) is 2. The number of benzene rings is 1. The van der Waals surface area contributed by atoms with Crippen molar-refractivity contribution < 1.29 is 0 Å². The van der Waals surface area contributed by atoms with Gasteiger partial charge in [-0.15, -0.1) is 0 Å². The minimum absolute atomic E-state index is 0.0233. The van der Waals surface area contributed by atoms with Crippen LogP contribution in [-0.2, 0) is 0 Å². The Morgan fingerprint density at radius 1 is 1.29 bits per heavy atom. The lowest BCUT2D eigenvalue weighted by molar-refractivity contribution is 1.12. The summed E-state index contributed by atoms with van der Waals surface area (Å²) in [5, 5.41) is 3.02. The predicted octanol–water partition coefficient (Wildman–Crippen LogP) is 3.69. The Bertz CT molecular complexity index is 594. The standard InChI is InChI=1S/C10H6Br2ClN3O/c11-5-2-1-3-6(12)8(5)16-9-7(13)10(17)15-4-14-9/h1-4H,(H2,14,15,16,17). The number of halogens is 3. The number of anilines is 2. The molecule has 4 nitrogen and oxygen atoms in total. The van der Waals surface area contributed by atoms with Gasteiger partial charge in [0.1, 0.15) is 5.02 Å². The Kier molecular flexibility index (Phi) is 3.86. The molecule has 17 heavy (non-hydrogen) atoms. The predicted molar refractivity (Wildman–Crippen MR) is 75.0 cm³/mol. The molecule has 1 aromatic carbocycles. The number of rotatable bonds is 2. The lowest BCUT2D eigenvalue weighted by Crippen LogP contribution is -2.09. The summed E-state index contributed by atoms with van der Waals surface area (Å²) >= 11 is 12.6. The van der Waals surface area contributed by atoms with Crippen LogP contribution in [0.2, 0.25) is 5.02 Å². The SMILES string of the molecule is O=c1[nH]cnc(Nc2c(Br)cccc2Br)c1Cl. The minimum Gasteiger partial charge on any atom is -0.337 e. The van der Waals surface area contributed by atoms with Crippen LogP contribution in [0.15, 0.2) is 38.3 Å². The van der Waals surface area contributed by atoms with E-state index in [0.29, 0.717) is 5.82 Å². The summed E-state index contributed by atoms with van der Waals surface area (Å²) < 4.78 is 1.68. The maximum atomic E-state index is 11.3. The van der Waals surface area contributed by atoms with Crippen molar-refractivity contribution >= 4 is 55.0 Å². The average Bonchev–Trinajstić information content (AvgIpc) is 2.29. The van der Waals surface area contributed by atoms with Gasteiger partial charge in [-0.25, -0.2) is 4.98 Å². The van der Waals surface area contributed by atoms with Crippen LogP contribution in [0.4, 0.5) is 11.5 Å². The molecule has 0 aliphatic carbocycles. The van der Waals surface area contributed by atoms with Crippen LogP contribution in [0, 0.1) is 0 Å². The second kappa shape index (κ2) is 5.20. The maximum absolute atomic E-state index is 11.3. The maximum Gasteiger partial charge on any atom is 0.271 e. The fraction of sp³-hybridized carbons (Fsp3) is 0. The Hall–Kier alpha value is -0.850. The molecular formula is C10H6Br2ClN3O. The fourth-order valence-electron chi connectivity index (χ4n) is 1.21. The first-order chi connectivity index (χ1) is 8.09. The lowest BCUT2D eigenvalue weighted by atomic mass is 10.3. The van der Waals surface area contributed by atoms with E-state index >= 15 is 0 Å².